The number of fused-ring (bicyclic) bond motifs is 1. The number of benzene rings is 1. The number of H-pyrrole nitrogens is 1. The summed E-state index contributed by atoms with van der Waals surface area (Å²) in [4.78, 5) is 29.9. The van der Waals surface area contributed by atoms with Crippen LogP contribution in [0.25, 0.3) is 11.0 Å². The Kier molecular flexibility index (Phi) is 5.10. The van der Waals surface area contributed by atoms with Crippen molar-refractivity contribution in [3.63, 3.8) is 0 Å². The van der Waals surface area contributed by atoms with Crippen LogP contribution in [0.4, 0.5) is 4.79 Å². The summed E-state index contributed by atoms with van der Waals surface area (Å²) >= 11 is 0. The van der Waals surface area contributed by atoms with E-state index in [9.17, 15) is 9.59 Å². The first-order valence-electron chi connectivity index (χ1n) is 9.82. The standard InChI is InChI=1S/C21H32N4O2/c1-20(2,3)14-21(4,5)23-19(27)24-12-10-15(11-13-24)25-17-9-7-6-8-16(17)22-18(25)26/h6-9,15H,10-14H2,1-5H3,(H,22,26)(H,23,27). The number of aromatic amines is 1. The van der Waals surface area contributed by atoms with Crippen molar-refractivity contribution in [2.45, 2.75) is 65.5 Å². The second kappa shape index (κ2) is 7.06. The Hall–Kier alpha value is -2.24. The van der Waals surface area contributed by atoms with Gasteiger partial charge in [-0.1, -0.05) is 32.9 Å². The number of amides is 2. The van der Waals surface area contributed by atoms with Crippen LogP contribution in [0, 0.1) is 5.41 Å². The molecule has 0 unspecified atom stereocenters. The molecule has 1 fully saturated rings. The second-order valence-electron chi connectivity index (χ2n) is 9.59. The monoisotopic (exact) mass is 372 g/mol. The Labute approximate surface area is 160 Å². The number of rotatable bonds is 3. The summed E-state index contributed by atoms with van der Waals surface area (Å²) in [5.41, 5.74) is 1.65. The lowest BCUT2D eigenvalue weighted by atomic mass is 9.82. The lowest BCUT2D eigenvalue weighted by Gasteiger charge is -2.38. The van der Waals surface area contributed by atoms with Gasteiger partial charge < -0.3 is 15.2 Å². The fraction of sp³-hybridized carbons (Fsp3) is 0.619. The zero-order chi connectivity index (χ0) is 19.8. The Bertz CT molecular complexity index is 864. The molecular weight excluding hydrogens is 340 g/mol. The number of hydrogen-bond donors (Lipinski definition) is 2. The predicted octanol–water partition coefficient (Wildman–Crippen LogP) is 3.89. The lowest BCUT2D eigenvalue weighted by Crippen LogP contribution is -2.53. The third-order valence-corrected chi connectivity index (χ3v) is 5.16. The summed E-state index contributed by atoms with van der Waals surface area (Å²) in [6.45, 7) is 12.0. The molecular formula is C21H32N4O2. The van der Waals surface area contributed by atoms with Crippen LogP contribution >= 0.6 is 0 Å². The van der Waals surface area contributed by atoms with Gasteiger partial charge in [0, 0.05) is 24.7 Å². The molecule has 6 nitrogen and oxygen atoms in total. The summed E-state index contributed by atoms with van der Waals surface area (Å²) in [7, 11) is 0. The first-order chi connectivity index (χ1) is 12.6. The molecule has 1 aromatic heterocycles. The Morgan fingerprint density at radius 1 is 1.15 bits per heavy atom. The van der Waals surface area contributed by atoms with E-state index in [4.69, 9.17) is 0 Å². The molecule has 1 aromatic carbocycles. The first-order valence-corrected chi connectivity index (χ1v) is 9.82. The molecule has 0 radical (unpaired) electrons. The van der Waals surface area contributed by atoms with E-state index in [-0.39, 0.29) is 28.7 Å². The molecule has 27 heavy (non-hydrogen) atoms. The van der Waals surface area contributed by atoms with Gasteiger partial charge in [0.1, 0.15) is 0 Å². The summed E-state index contributed by atoms with van der Waals surface area (Å²) in [5.74, 6) is 0. The fourth-order valence-corrected chi connectivity index (χ4v) is 4.50. The first kappa shape index (κ1) is 19.5. The molecule has 2 N–H and O–H groups in total. The third-order valence-electron chi connectivity index (χ3n) is 5.16. The second-order valence-corrected chi connectivity index (χ2v) is 9.59. The van der Waals surface area contributed by atoms with Gasteiger partial charge in [0.15, 0.2) is 0 Å². The fourth-order valence-electron chi connectivity index (χ4n) is 4.50. The number of piperidine rings is 1. The van der Waals surface area contributed by atoms with E-state index in [1.165, 1.54) is 0 Å². The minimum Gasteiger partial charge on any atom is -0.333 e. The number of nitrogens with zero attached hydrogens (tertiary/aromatic N) is 2. The molecule has 0 bridgehead atoms. The van der Waals surface area contributed by atoms with Crippen LogP contribution in [0.15, 0.2) is 29.1 Å². The van der Waals surface area contributed by atoms with Crippen LogP contribution in [-0.2, 0) is 0 Å². The summed E-state index contributed by atoms with van der Waals surface area (Å²) < 4.78 is 1.86. The smallest absolute Gasteiger partial charge is 0.326 e. The molecule has 2 aromatic rings. The number of carbonyl (C=O) groups is 1. The van der Waals surface area contributed by atoms with Crippen molar-refractivity contribution in [3.8, 4) is 0 Å². The maximum atomic E-state index is 12.7. The van der Waals surface area contributed by atoms with E-state index in [0.29, 0.717) is 13.1 Å². The van der Waals surface area contributed by atoms with Crippen molar-refractivity contribution in [2.75, 3.05) is 13.1 Å². The van der Waals surface area contributed by atoms with Gasteiger partial charge in [-0.25, -0.2) is 9.59 Å². The van der Waals surface area contributed by atoms with Crippen molar-refractivity contribution in [3.05, 3.63) is 34.7 Å². The molecule has 0 saturated carbocycles. The molecule has 2 heterocycles. The SMILES string of the molecule is CC(C)(C)CC(C)(C)NC(=O)N1CCC(n2c(=O)[nH]c3ccccc32)CC1. The minimum atomic E-state index is -0.250. The van der Waals surface area contributed by atoms with Crippen molar-refractivity contribution in [2.24, 2.45) is 5.41 Å². The number of imidazole rings is 1. The maximum Gasteiger partial charge on any atom is 0.326 e. The number of para-hydroxylation sites is 2. The van der Waals surface area contributed by atoms with Crippen LogP contribution in [0.1, 0.15) is 59.9 Å². The molecule has 1 aliphatic rings. The normalized spacial score (nSPS) is 16.7. The highest BCUT2D eigenvalue weighted by Crippen LogP contribution is 2.28. The third kappa shape index (κ3) is 4.54. The van der Waals surface area contributed by atoms with Gasteiger partial charge in [0.05, 0.1) is 11.0 Å². The summed E-state index contributed by atoms with van der Waals surface area (Å²) in [6, 6.07) is 7.89. The highest BCUT2D eigenvalue weighted by Gasteiger charge is 2.31. The average Bonchev–Trinajstić information content (AvgIpc) is 2.88. The zero-order valence-corrected chi connectivity index (χ0v) is 17.1. The average molecular weight is 373 g/mol. The highest BCUT2D eigenvalue weighted by atomic mass is 16.2. The molecule has 6 heteroatoms. The largest absolute Gasteiger partial charge is 0.333 e. The molecule has 1 saturated heterocycles. The van der Waals surface area contributed by atoms with Gasteiger partial charge in [-0.15, -0.1) is 0 Å². The summed E-state index contributed by atoms with van der Waals surface area (Å²) in [5, 5.41) is 3.19. The molecule has 148 valence electrons. The van der Waals surface area contributed by atoms with Gasteiger partial charge >= 0.3 is 11.7 Å². The Morgan fingerprint density at radius 2 is 1.78 bits per heavy atom. The van der Waals surface area contributed by atoms with Gasteiger partial charge in [-0.3, -0.25) is 4.57 Å². The van der Waals surface area contributed by atoms with Crippen LogP contribution in [0.5, 0.6) is 0 Å². The summed E-state index contributed by atoms with van der Waals surface area (Å²) in [6.07, 6.45) is 2.48. The van der Waals surface area contributed by atoms with E-state index in [1.807, 2.05) is 33.7 Å². The van der Waals surface area contributed by atoms with Gasteiger partial charge in [-0.05, 0) is 50.7 Å². The number of urea groups is 1. The Balaban J connectivity index is 1.64. The molecule has 1 aliphatic heterocycles. The predicted molar refractivity (Wildman–Crippen MR) is 109 cm³/mol. The van der Waals surface area contributed by atoms with E-state index < -0.39 is 0 Å². The van der Waals surface area contributed by atoms with E-state index >= 15 is 0 Å². The molecule has 0 spiro atoms. The van der Waals surface area contributed by atoms with Crippen LogP contribution < -0.4 is 11.0 Å². The van der Waals surface area contributed by atoms with E-state index in [1.54, 1.807) is 0 Å². The maximum absolute atomic E-state index is 12.7. The van der Waals surface area contributed by atoms with Crippen LogP contribution in [0.2, 0.25) is 0 Å². The van der Waals surface area contributed by atoms with Crippen molar-refractivity contribution >= 4 is 17.1 Å². The Morgan fingerprint density at radius 3 is 2.41 bits per heavy atom. The van der Waals surface area contributed by atoms with E-state index in [2.05, 4.69) is 44.9 Å². The van der Waals surface area contributed by atoms with Crippen LogP contribution in [0.3, 0.4) is 0 Å². The minimum absolute atomic E-state index is 0.00558. The molecule has 0 atom stereocenters. The van der Waals surface area contributed by atoms with Crippen molar-refractivity contribution < 1.29 is 4.79 Å². The van der Waals surface area contributed by atoms with Crippen molar-refractivity contribution in [1.29, 1.82) is 0 Å². The molecule has 0 aliphatic carbocycles. The quantitative estimate of drug-likeness (QED) is 0.858. The molecule has 3 rings (SSSR count). The topological polar surface area (TPSA) is 70.1 Å². The highest BCUT2D eigenvalue weighted by molar-refractivity contribution is 5.76. The number of nitrogens with one attached hydrogen (secondary N) is 2. The van der Waals surface area contributed by atoms with Crippen LogP contribution in [-0.4, -0.2) is 39.1 Å². The van der Waals surface area contributed by atoms with E-state index in [0.717, 1.165) is 30.3 Å². The number of carbonyl (C=O) groups excluding carboxylic acids is 1. The van der Waals surface area contributed by atoms with Crippen molar-refractivity contribution in [1.82, 2.24) is 19.8 Å². The van der Waals surface area contributed by atoms with Gasteiger partial charge in [0.25, 0.3) is 0 Å². The number of likely N-dealkylation sites (tertiary alicyclic amines) is 1. The molecule has 2 amide bonds. The lowest BCUT2D eigenvalue weighted by molar-refractivity contribution is 0.154. The zero-order valence-electron chi connectivity index (χ0n) is 17.1. The van der Waals surface area contributed by atoms with Gasteiger partial charge in [0.2, 0.25) is 0 Å². The van der Waals surface area contributed by atoms with Gasteiger partial charge in [-0.2, -0.15) is 0 Å². The number of aromatic nitrogens is 2. The number of hydrogen-bond acceptors (Lipinski definition) is 2.